The fourth-order valence-electron chi connectivity index (χ4n) is 5.01. The molecule has 1 N–H and O–H groups in total. The fourth-order valence-corrected chi connectivity index (χ4v) is 5.01. The number of hydrogen-bond acceptors (Lipinski definition) is 5. The Bertz CT molecular complexity index is 1240. The van der Waals surface area contributed by atoms with Crippen molar-refractivity contribution in [2.45, 2.75) is 32.7 Å². The quantitative estimate of drug-likeness (QED) is 0.608. The van der Waals surface area contributed by atoms with E-state index < -0.39 is 0 Å². The molecule has 2 heterocycles. The van der Waals surface area contributed by atoms with Gasteiger partial charge in [0.05, 0.1) is 25.8 Å². The number of ether oxygens (including phenoxy) is 2. The first kappa shape index (κ1) is 19.6. The zero-order valence-electron chi connectivity index (χ0n) is 18.3. The summed E-state index contributed by atoms with van der Waals surface area (Å²) in [4.78, 5) is 18.1. The van der Waals surface area contributed by atoms with E-state index in [0.29, 0.717) is 12.2 Å². The molecule has 31 heavy (non-hydrogen) atoms. The number of benzene rings is 2. The number of hydrogen-bond donors (Lipinski definition) is 1. The van der Waals surface area contributed by atoms with Crippen molar-refractivity contribution < 1.29 is 14.3 Å². The molecular formula is C26H26N2O3. The van der Waals surface area contributed by atoms with Crippen LogP contribution in [0.5, 0.6) is 11.5 Å². The number of aromatic nitrogens is 1. The second-order valence-corrected chi connectivity index (χ2v) is 9.08. The molecule has 0 saturated heterocycles. The molecule has 1 atom stereocenters. The van der Waals surface area contributed by atoms with Crippen molar-refractivity contribution in [3.8, 4) is 11.5 Å². The third kappa shape index (κ3) is 3.16. The van der Waals surface area contributed by atoms with Crippen molar-refractivity contribution in [3.05, 3.63) is 65.4 Å². The van der Waals surface area contributed by atoms with Crippen LogP contribution in [0.2, 0.25) is 0 Å². The van der Waals surface area contributed by atoms with Crippen LogP contribution < -0.4 is 14.8 Å². The van der Waals surface area contributed by atoms with Crippen molar-refractivity contribution in [2.24, 2.45) is 5.41 Å². The number of carbonyl (C=O) groups is 1. The van der Waals surface area contributed by atoms with Crippen molar-refractivity contribution >= 4 is 27.9 Å². The summed E-state index contributed by atoms with van der Waals surface area (Å²) in [7, 11) is 3.28. The molecule has 3 aromatic rings. The molecule has 1 aliphatic heterocycles. The molecule has 0 radical (unpaired) electrons. The lowest BCUT2D eigenvalue weighted by Gasteiger charge is -2.40. The van der Waals surface area contributed by atoms with E-state index in [1.54, 1.807) is 20.4 Å². The average Bonchev–Trinajstić information content (AvgIpc) is 2.76. The Kier molecular flexibility index (Phi) is 4.50. The molecule has 5 rings (SSSR count). The molecule has 2 aromatic carbocycles. The third-order valence-electron chi connectivity index (χ3n) is 6.35. The van der Waals surface area contributed by atoms with Gasteiger partial charge in [-0.15, -0.1) is 0 Å². The van der Waals surface area contributed by atoms with E-state index >= 15 is 0 Å². The van der Waals surface area contributed by atoms with Crippen LogP contribution in [-0.2, 0) is 4.79 Å². The lowest BCUT2D eigenvalue weighted by molar-refractivity contribution is -0.118. The highest BCUT2D eigenvalue weighted by Crippen LogP contribution is 2.52. The Labute approximate surface area is 182 Å². The number of ketones is 1. The number of methoxy groups -OCH3 is 2. The van der Waals surface area contributed by atoms with E-state index in [0.717, 1.165) is 51.0 Å². The standard InChI is InChI=1S/C26H26N2O3/c1-26(2)13-18-23-16-6-5-11-27-19(16)9-10-20(23)28-25(24(18)21(29)14-26)17-8-7-15(30-3)12-22(17)31-4/h5-12,25,28H,13-14H2,1-4H3/t25-/m1/s1. The van der Waals surface area contributed by atoms with Gasteiger partial charge in [0.15, 0.2) is 5.78 Å². The second-order valence-electron chi connectivity index (χ2n) is 9.08. The van der Waals surface area contributed by atoms with Gasteiger partial charge in [-0.2, -0.15) is 0 Å². The molecule has 5 heteroatoms. The summed E-state index contributed by atoms with van der Waals surface area (Å²) in [6, 6.07) is 13.6. The number of pyridine rings is 1. The van der Waals surface area contributed by atoms with Crippen LogP contribution in [0.4, 0.5) is 5.69 Å². The van der Waals surface area contributed by atoms with Crippen LogP contribution >= 0.6 is 0 Å². The molecule has 0 bridgehead atoms. The number of anilines is 1. The maximum absolute atomic E-state index is 13.5. The fraction of sp³-hybridized carbons (Fsp3) is 0.308. The summed E-state index contributed by atoms with van der Waals surface area (Å²) >= 11 is 0. The molecule has 0 amide bonds. The number of rotatable bonds is 3. The maximum atomic E-state index is 13.5. The summed E-state index contributed by atoms with van der Waals surface area (Å²) in [5.74, 6) is 1.61. The Hall–Kier alpha value is -3.34. The molecule has 0 unspecified atom stereocenters. The summed E-state index contributed by atoms with van der Waals surface area (Å²) in [6.07, 6.45) is 3.17. The average molecular weight is 415 g/mol. The minimum absolute atomic E-state index is 0.0938. The van der Waals surface area contributed by atoms with Gasteiger partial charge in [0, 0.05) is 46.5 Å². The van der Waals surface area contributed by atoms with Crippen LogP contribution in [-0.4, -0.2) is 25.0 Å². The molecule has 2 aliphatic rings. The van der Waals surface area contributed by atoms with E-state index in [1.807, 2.05) is 30.3 Å². The summed E-state index contributed by atoms with van der Waals surface area (Å²) in [6.45, 7) is 4.34. The van der Waals surface area contributed by atoms with Crippen LogP contribution in [0.15, 0.2) is 54.2 Å². The van der Waals surface area contributed by atoms with Gasteiger partial charge >= 0.3 is 0 Å². The van der Waals surface area contributed by atoms with Crippen molar-refractivity contribution in [1.29, 1.82) is 0 Å². The highest BCUT2D eigenvalue weighted by molar-refractivity contribution is 6.12. The smallest absolute Gasteiger partial charge is 0.162 e. The predicted octanol–water partition coefficient (Wildman–Crippen LogP) is 5.56. The van der Waals surface area contributed by atoms with Gasteiger partial charge in [-0.1, -0.05) is 19.9 Å². The van der Waals surface area contributed by atoms with Crippen LogP contribution in [0.1, 0.15) is 43.9 Å². The van der Waals surface area contributed by atoms with Crippen LogP contribution in [0.3, 0.4) is 0 Å². The van der Waals surface area contributed by atoms with Crippen LogP contribution in [0.25, 0.3) is 16.5 Å². The molecule has 0 saturated carbocycles. The normalized spacial score (nSPS) is 19.5. The van der Waals surface area contributed by atoms with E-state index in [9.17, 15) is 4.79 Å². The number of fused-ring (bicyclic) bond motifs is 4. The molecule has 1 aliphatic carbocycles. The minimum Gasteiger partial charge on any atom is -0.497 e. The lowest BCUT2D eigenvalue weighted by atomic mass is 9.68. The van der Waals surface area contributed by atoms with Gasteiger partial charge < -0.3 is 14.8 Å². The first-order valence-corrected chi connectivity index (χ1v) is 10.5. The van der Waals surface area contributed by atoms with Gasteiger partial charge in [-0.25, -0.2) is 0 Å². The highest BCUT2D eigenvalue weighted by Gasteiger charge is 2.41. The Morgan fingerprint density at radius 1 is 1.06 bits per heavy atom. The summed E-state index contributed by atoms with van der Waals surface area (Å²) in [5.41, 5.74) is 5.86. The summed E-state index contributed by atoms with van der Waals surface area (Å²) < 4.78 is 11.1. The van der Waals surface area contributed by atoms with E-state index in [2.05, 4.69) is 36.3 Å². The van der Waals surface area contributed by atoms with Gasteiger partial charge in [0.2, 0.25) is 0 Å². The molecule has 0 spiro atoms. The van der Waals surface area contributed by atoms with E-state index in [-0.39, 0.29) is 17.2 Å². The van der Waals surface area contributed by atoms with E-state index in [4.69, 9.17) is 9.47 Å². The number of Topliss-reactive ketones (excluding diaryl/α,β-unsaturated/α-hetero) is 1. The van der Waals surface area contributed by atoms with Crippen molar-refractivity contribution in [2.75, 3.05) is 19.5 Å². The highest BCUT2D eigenvalue weighted by atomic mass is 16.5. The number of nitrogens with one attached hydrogen (secondary N) is 1. The van der Waals surface area contributed by atoms with E-state index in [1.165, 1.54) is 0 Å². The number of allylic oxidation sites excluding steroid dienone is 1. The Morgan fingerprint density at radius 2 is 1.90 bits per heavy atom. The SMILES string of the molecule is COc1ccc([C@H]2Nc3ccc4ncccc4c3C3=C2C(=O)CC(C)(C)C3)c(OC)c1. The number of nitrogens with zero attached hydrogens (tertiary/aromatic N) is 1. The van der Waals surface area contributed by atoms with Gasteiger partial charge in [0.1, 0.15) is 11.5 Å². The molecular weight excluding hydrogens is 388 g/mol. The summed E-state index contributed by atoms with van der Waals surface area (Å²) in [5, 5.41) is 4.72. The minimum atomic E-state index is -0.277. The molecule has 158 valence electrons. The second kappa shape index (κ2) is 7.12. The van der Waals surface area contributed by atoms with Crippen molar-refractivity contribution in [1.82, 2.24) is 4.98 Å². The maximum Gasteiger partial charge on any atom is 0.162 e. The van der Waals surface area contributed by atoms with Gasteiger partial charge in [-0.3, -0.25) is 9.78 Å². The van der Waals surface area contributed by atoms with Crippen molar-refractivity contribution in [3.63, 3.8) is 0 Å². The predicted molar refractivity (Wildman–Crippen MR) is 123 cm³/mol. The Morgan fingerprint density at radius 3 is 2.68 bits per heavy atom. The van der Waals surface area contributed by atoms with Crippen LogP contribution in [0, 0.1) is 5.41 Å². The zero-order valence-corrected chi connectivity index (χ0v) is 18.3. The first-order valence-electron chi connectivity index (χ1n) is 10.5. The Balaban J connectivity index is 1.78. The topological polar surface area (TPSA) is 60.5 Å². The molecule has 0 fully saturated rings. The van der Waals surface area contributed by atoms with Gasteiger partial charge in [-0.05, 0) is 47.7 Å². The number of carbonyl (C=O) groups excluding carboxylic acids is 1. The monoisotopic (exact) mass is 414 g/mol. The lowest BCUT2D eigenvalue weighted by Crippen LogP contribution is -2.33. The molecule has 5 nitrogen and oxygen atoms in total. The first-order chi connectivity index (χ1) is 14.9. The third-order valence-corrected chi connectivity index (χ3v) is 6.35. The molecule has 1 aromatic heterocycles. The largest absolute Gasteiger partial charge is 0.497 e. The van der Waals surface area contributed by atoms with Gasteiger partial charge in [0.25, 0.3) is 0 Å². The zero-order chi connectivity index (χ0) is 21.8.